The van der Waals surface area contributed by atoms with Crippen molar-refractivity contribution in [1.29, 1.82) is 0 Å². The number of nitrogens with one attached hydrogen (secondary N) is 1. The van der Waals surface area contributed by atoms with E-state index in [1.807, 2.05) is 24.8 Å². The first kappa shape index (κ1) is 23.4. The van der Waals surface area contributed by atoms with Gasteiger partial charge in [-0.25, -0.2) is 0 Å². The van der Waals surface area contributed by atoms with Crippen molar-refractivity contribution in [2.45, 2.75) is 45.9 Å². The van der Waals surface area contributed by atoms with Gasteiger partial charge < -0.3 is 19.9 Å². The van der Waals surface area contributed by atoms with E-state index in [1.165, 1.54) is 0 Å². The molecule has 0 bridgehead atoms. The average molecular weight is 360 g/mol. The summed E-state index contributed by atoms with van der Waals surface area (Å²) in [4.78, 5) is 17.8. The minimum atomic E-state index is 0.144. The minimum absolute atomic E-state index is 0.144. The van der Waals surface area contributed by atoms with Crippen molar-refractivity contribution in [2.24, 2.45) is 0 Å². The molecule has 142 valence electrons. The van der Waals surface area contributed by atoms with Crippen molar-refractivity contribution < 1.29 is 9.53 Å². The highest BCUT2D eigenvalue weighted by Gasteiger charge is 2.19. The van der Waals surface area contributed by atoms with Crippen LogP contribution in [0.5, 0.6) is 0 Å². The first-order valence-corrected chi connectivity index (χ1v) is 9.77. The zero-order chi connectivity index (χ0) is 18.5. The van der Waals surface area contributed by atoms with E-state index in [2.05, 4.69) is 38.0 Å². The molecule has 0 saturated carbocycles. The molecule has 0 radical (unpaired) electrons. The van der Waals surface area contributed by atoms with Gasteiger partial charge in [-0.05, 0) is 34.7 Å². The molecular weight excluding hydrogens is 322 g/mol. The molecule has 0 spiro atoms. The van der Waals surface area contributed by atoms with Gasteiger partial charge in [0.15, 0.2) is 0 Å². The predicted molar refractivity (Wildman–Crippen MR) is 106 cm³/mol. The van der Waals surface area contributed by atoms with E-state index in [-0.39, 0.29) is 5.91 Å². The van der Waals surface area contributed by atoms with E-state index in [4.69, 9.17) is 4.74 Å². The molecule has 1 atom stereocenters. The smallest absolute Gasteiger partial charge is 0.259 e. The Kier molecular flexibility index (Phi) is 13.4. The van der Waals surface area contributed by atoms with Crippen LogP contribution in [0.2, 0.25) is 0 Å². The molecule has 0 aliphatic rings. The van der Waals surface area contributed by atoms with Crippen LogP contribution >= 0.6 is 11.8 Å². The van der Waals surface area contributed by atoms with Crippen molar-refractivity contribution in [2.75, 3.05) is 53.5 Å². The van der Waals surface area contributed by atoms with Crippen molar-refractivity contribution >= 4 is 17.7 Å². The third-order valence-electron chi connectivity index (χ3n) is 3.99. The largest absolute Gasteiger partial charge is 0.383 e. The minimum Gasteiger partial charge on any atom is -0.383 e. The SMILES string of the molecule is C/C=C(\SC(C)CNCCOC)C(=O)N(CC)CCN(C)C(C)C. The van der Waals surface area contributed by atoms with Crippen LogP contribution in [-0.4, -0.2) is 80.5 Å². The van der Waals surface area contributed by atoms with Crippen LogP contribution in [-0.2, 0) is 9.53 Å². The summed E-state index contributed by atoms with van der Waals surface area (Å²) in [6, 6.07) is 0.493. The summed E-state index contributed by atoms with van der Waals surface area (Å²) in [6.07, 6.45) is 1.94. The fraction of sp³-hybridized carbons (Fsp3) is 0.833. The highest BCUT2D eigenvalue weighted by atomic mass is 32.2. The monoisotopic (exact) mass is 359 g/mol. The Morgan fingerprint density at radius 3 is 2.46 bits per heavy atom. The highest BCUT2D eigenvalue weighted by molar-refractivity contribution is 8.04. The maximum Gasteiger partial charge on any atom is 0.259 e. The molecule has 0 aliphatic heterocycles. The fourth-order valence-corrected chi connectivity index (χ4v) is 3.08. The molecule has 0 aromatic rings. The topological polar surface area (TPSA) is 44.8 Å². The van der Waals surface area contributed by atoms with Crippen LogP contribution in [0.1, 0.15) is 34.6 Å². The van der Waals surface area contributed by atoms with Crippen LogP contribution in [0.25, 0.3) is 0 Å². The Morgan fingerprint density at radius 2 is 1.96 bits per heavy atom. The number of thioether (sulfide) groups is 1. The van der Waals surface area contributed by atoms with E-state index in [1.54, 1.807) is 18.9 Å². The molecule has 1 N–H and O–H groups in total. The number of nitrogens with zero attached hydrogens (tertiary/aromatic N) is 2. The van der Waals surface area contributed by atoms with Gasteiger partial charge in [-0.1, -0.05) is 13.0 Å². The zero-order valence-corrected chi connectivity index (χ0v) is 17.4. The van der Waals surface area contributed by atoms with E-state index in [0.29, 0.717) is 17.9 Å². The van der Waals surface area contributed by atoms with Gasteiger partial charge in [-0.15, -0.1) is 11.8 Å². The van der Waals surface area contributed by atoms with Crippen LogP contribution < -0.4 is 5.32 Å². The summed E-state index contributed by atoms with van der Waals surface area (Å²) < 4.78 is 5.03. The summed E-state index contributed by atoms with van der Waals surface area (Å²) in [5.74, 6) is 0.144. The average Bonchev–Trinajstić information content (AvgIpc) is 2.56. The van der Waals surface area contributed by atoms with Gasteiger partial charge in [0, 0.05) is 51.1 Å². The van der Waals surface area contributed by atoms with Crippen molar-refractivity contribution in [3.8, 4) is 0 Å². The molecule has 0 fully saturated rings. The molecule has 1 unspecified atom stereocenters. The van der Waals surface area contributed by atoms with Crippen molar-refractivity contribution in [3.05, 3.63) is 11.0 Å². The molecule has 5 nitrogen and oxygen atoms in total. The maximum atomic E-state index is 12.8. The molecule has 6 heteroatoms. The van der Waals surface area contributed by atoms with Crippen LogP contribution in [0.3, 0.4) is 0 Å². The number of ether oxygens (including phenoxy) is 1. The van der Waals surface area contributed by atoms with Gasteiger partial charge in [0.2, 0.25) is 0 Å². The number of hydrogen-bond donors (Lipinski definition) is 1. The predicted octanol–water partition coefficient (Wildman–Crippen LogP) is 2.44. The third kappa shape index (κ3) is 9.67. The standard InChI is InChI=1S/C18H37N3O2S/c1-8-17(24-16(5)14-19-10-13-23-7)18(22)21(9-2)12-11-20(6)15(3)4/h8,15-16,19H,9-14H2,1-7H3/b17-8-. The fourth-order valence-electron chi connectivity index (χ4n) is 2.08. The molecule has 1 amide bonds. The molecule has 0 aromatic heterocycles. The van der Waals surface area contributed by atoms with Gasteiger partial charge in [0.25, 0.3) is 5.91 Å². The van der Waals surface area contributed by atoms with Gasteiger partial charge in [-0.2, -0.15) is 0 Å². The number of likely N-dealkylation sites (N-methyl/N-ethyl adjacent to an activating group) is 2. The quantitative estimate of drug-likeness (QED) is 0.404. The Balaban J connectivity index is 4.47. The lowest BCUT2D eigenvalue weighted by Crippen LogP contribution is -2.40. The normalized spacial score (nSPS) is 13.6. The summed E-state index contributed by atoms with van der Waals surface area (Å²) in [5.41, 5.74) is 0. The second-order valence-corrected chi connectivity index (χ2v) is 7.72. The number of carbonyl (C=O) groups excluding carboxylic acids is 1. The summed E-state index contributed by atoms with van der Waals surface area (Å²) in [7, 11) is 3.80. The Hall–Kier alpha value is -0.560. The first-order chi connectivity index (χ1) is 11.4. The van der Waals surface area contributed by atoms with Gasteiger partial charge >= 0.3 is 0 Å². The molecule has 0 heterocycles. The first-order valence-electron chi connectivity index (χ1n) is 8.89. The summed E-state index contributed by atoms with van der Waals surface area (Å²) in [5, 5.41) is 3.69. The molecule has 0 rings (SSSR count). The van der Waals surface area contributed by atoms with Crippen molar-refractivity contribution in [3.63, 3.8) is 0 Å². The Morgan fingerprint density at radius 1 is 1.29 bits per heavy atom. The van der Waals surface area contributed by atoms with E-state index in [0.717, 1.165) is 37.6 Å². The van der Waals surface area contributed by atoms with Crippen molar-refractivity contribution in [1.82, 2.24) is 15.1 Å². The van der Waals surface area contributed by atoms with Crippen LogP contribution in [0.4, 0.5) is 0 Å². The van der Waals surface area contributed by atoms with Crippen LogP contribution in [0.15, 0.2) is 11.0 Å². The lowest BCUT2D eigenvalue weighted by Gasteiger charge is -2.27. The lowest BCUT2D eigenvalue weighted by atomic mass is 10.3. The summed E-state index contributed by atoms with van der Waals surface area (Å²) in [6.45, 7) is 15.3. The number of carbonyl (C=O) groups is 1. The van der Waals surface area contributed by atoms with Gasteiger partial charge in [-0.3, -0.25) is 4.79 Å². The number of allylic oxidation sites excluding steroid dienone is 1. The molecule has 0 saturated heterocycles. The maximum absolute atomic E-state index is 12.8. The zero-order valence-electron chi connectivity index (χ0n) is 16.6. The molecule has 0 aromatic carbocycles. The molecule has 0 aliphatic carbocycles. The lowest BCUT2D eigenvalue weighted by molar-refractivity contribution is -0.126. The van der Waals surface area contributed by atoms with E-state index in [9.17, 15) is 4.79 Å². The summed E-state index contributed by atoms with van der Waals surface area (Å²) >= 11 is 1.65. The third-order valence-corrected chi connectivity index (χ3v) is 5.22. The second kappa shape index (κ2) is 13.7. The molecule has 24 heavy (non-hydrogen) atoms. The van der Waals surface area contributed by atoms with Crippen LogP contribution in [0, 0.1) is 0 Å². The number of hydrogen-bond acceptors (Lipinski definition) is 5. The number of amides is 1. The number of methoxy groups -OCH3 is 1. The second-order valence-electron chi connectivity index (χ2n) is 6.24. The van der Waals surface area contributed by atoms with E-state index >= 15 is 0 Å². The van der Waals surface area contributed by atoms with Gasteiger partial charge in [0.1, 0.15) is 0 Å². The Bertz CT molecular complexity index is 375. The van der Waals surface area contributed by atoms with E-state index < -0.39 is 0 Å². The highest BCUT2D eigenvalue weighted by Crippen LogP contribution is 2.23. The molecular formula is C18H37N3O2S. The number of rotatable bonds is 13. The van der Waals surface area contributed by atoms with Gasteiger partial charge in [0.05, 0.1) is 11.5 Å². The Labute approximate surface area is 153 Å².